The number of cyclic esters (lactones) is 1. The molecular weight excluding hydrogens is 291 g/mol. The number of benzene rings is 1. The lowest BCUT2D eigenvalue weighted by atomic mass is 10.1. The molecule has 1 aromatic rings. The normalized spacial score (nSPS) is 15.0. The molecule has 0 N–H and O–H groups in total. The number of hydrogen-bond acceptors (Lipinski definition) is 5. The molecule has 0 spiro atoms. The molecule has 0 amide bonds. The standard InChI is InChI=1S/C15H19O5P/c1-3-19-21(17,20-4-2)11-14-9-12-7-5-6-8-13(12)10-18-15(14)16/h5-9H,3-4,10-11H2,1-2H3. The molecule has 6 heteroatoms. The van der Waals surface area contributed by atoms with Crippen molar-refractivity contribution in [3.8, 4) is 0 Å². The van der Waals surface area contributed by atoms with Crippen molar-refractivity contribution in [3.05, 3.63) is 41.0 Å². The van der Waals surface area contributed by atoms with Crippen LogP contribution in [-0.4, -0.2) is 25.3 Å². The quantitative estimate of drug-likeness (QED) is 0.595. The van der Waals surface area contributed by atoms with Gasteiger partial charge in [0.1, 0.15) is 6.61 Å². The molecule has 0 unspecified atom stereocenters. The first kappa shape index (κ1) is 16.0. The van der Waals surface area contributed by atoms with E-state index in [2.05, 4.69) is 0 Å². The lowest BCUT2D eigenvalue weighted by Gasteiger charge is -2.17. The Morgan fingerprint density at radius 2 is 1.86 bits per heavy atom. The summed E-state index contributed by atoms with van der Waals surface area (Å²) in [6.07, 6.45) is 1.62. The second-order valence-electron chi connectivity index (χ2n) is 4.55. The highest BCUT2D eigenvalue weighted by Gasteiger charge is 2.30. The first-order valence-corrected chi connectivity index (χ1v) is 8.64. The average Bonchev–Trinajstić information content (AvgIpc) is 2.60. The van der Waals surface area contributed by atoms with Gasteiger partial charge in [0.25, 0.3) is 0 Å². The number of carbonyl (C=O) groups excluding carboxylic acids is 1. The summed E-state index contributed by atoms with van der Waals surface area (Å²) in [7, 11) is -3.33. The van der Waals surface area contributed by atoms with E-state index in [0.29, 0.717) is 5.57 Å². The van der Waals surface area contributed by atoms with Crippen molar-refractivity contribution in [1.29, 1.82) is 0 Å². The molecule has 0 aromatic heterocycles. The van der Waals surface area contributed by atoms with Crippen LogP contribution in [-0.2, 0) is 29.8 Å². The molecule has 1 aromatic carbocycles. The van der Waals surface area contributed by atoms with E-state index in [1.54, 1.807) is 19.9 Å². The molecule has 0 fully saturated rings. The molecule has 0 bridgehead atoms. The van der Waals surface area contributed by atoms with Gasteiger partial charge in [0.2, 0.25) is 0 Å². The van der Waals surface area contributed by atoms with E-state index in [-0.39, 0.29) is 26.0 Å². The molecule has 5 nitrogen and oxygen atoms in total. The van der Waals surface area contributed by atoms with Gasteiger partial charge < -0.3 is 13.8 Å². The van der Waals surface area contributed by atoms with Crippen LogP contribution >= 0.6 is 7.60 Å². The predicted molar refractivity (Wildman–Crippen MR) is 79.9 cm³/mol. The fourth-order valence-electron chi connectivity index (χ4n) is 2.13. The van der Waals surface area contributed by atoms with Crippen molar-refractivity contribution >= 4 is 19.6 Å². The maximum Gasteiger partial charge on any atom is 0.335 e. The van der Waals surface area contributed by atoms with Gasteiger partial charge in [-0.3, -0.25) is 4.57 Å². The highest BCUT2D eigenvalue weighted by atomic mass is 31.2. The van der Waals surface area contributed by atoms with Crippen LogP contribution in [0.3, 0.4) is 0 Å². The number of hydrogen-bond donors (Lipinski definition) is 0. The average molecular weight is 310 g/mol. The SMILES string of the molecule is CCOP(=O)(CC1=Cc2ccccc2COC1=O)OCC. The maximum atomic E-state index is 12.6. The molecule has 1 heterocycles. The molecule has 2 rings (SSSR count). The number of ether oxygens (including phenoxy) is 1. The van der Waals surface area contributed by atoms with Crippen molar-refractivity contribution in [3.63, 3.8) is 0 Å². The maximum absolute atomic E-state index is 12.6. The summed E-state index contributed by atoms with van der Waals surface area (Å²) in [6, 6.07) is 7.56. The summed E-state index contributed by atoms with van der Waals surface area (Å²) >= 11 is 0. The molecule has 0 aliphatic carbocycles. The molecule has 21 heavy (non-hydrogen) atoms. The monoisotopic (exact) mass is 310 g/mol. The molecule has 0 saturated heterocycles. The summed E-state index contributed by atoms with van der Waals surface area (Å²) in [5, 5.41) is 0. The van der Waals surface area contributed by atoms with Gasteiger partial charge in [-0.05, 0) is 31.1 Å². The first-order chi connectivity index (χ1) is 10.1. The van der Waals surface area contributed by atoms with Crippen molar-refractivity contribution in [2.75, 3.05) is 19.4 Å². The van der Waals surface area contributed by atoms with Gasteiger partial charge in [-0.25, -0.2) is 4.79 Å². The highest BCUT2D eigenvalue weighted by Crippen LogP contribution is 2.50. The molecule has 0 atom stereocenters. The number of rotatable bonds is 6. The second-order valence-corrected chi connectivity index (χ2v) is 6.60. The van der Waals surface area contributed by atoms with Gasteiger partial charge >= 0.3 is 13.6 Å². The van der Waals surface area contributed by atoms with E-state index in [4.69, 9.17) is 13.8 Å². The van der Waals surface area contributed by atoms with Gasteiger partial charge in [-0.2, -0.15) is 0 Å². The zero-order chi connectivity index (χ0) is 15.3. The van der Waals surface area contributed by atoms with Crippen LogP contribution in [0.4, 0.5) is 0 Å². The fourth-order valence-corrected chi connectivity index (χ4v) is 3.81. The lowest BCUT2D eigenvalue weighted by molar-refractivity contribution is -0.140. The molecule has 114 valence electrons. The Kier molecular flexibility index (Phi) is 5.34. The summed E-state index contributed by atoms with van der Waals surface area (Å²) < 4.78 is 28.2. The van der Waals surface area contributed by atoms with Crippen LogP contribution in [0, 0.1) is 0 Å². The van der Waals surface area contributed by atoms with E-state index >= 15 is 0 Å². The van der Waals surface area contributed by atoms with Crippen molar-refractivity contribution in [1.82, 2.24) is 0 Å². The minimum atomic E-state index is -3.33. The third-order valence-corrected chi connectivity index (χ3v) is 5.05. The van der Waals surface area contributed by atoms with Crippen LogP contribution in [0.2, 0.25) is 0 Å². The first-order valence-electron chi connectivity index (χ1n) is 6.91. The van der Waals surface area contributed by atoms with Gasteiger partial charge in [-0.1, -0.05) is 24.3 Å². The van der Waals surface area contributed by atoms with Crippen LogP contribution in [0.25, 0.3) is 6.08 Å². The largest absolute Gasteiger partial charge is 0.457 e. The smallest absolute Gasteiger partial charge is 0.335 e. The minimum Gasteiger partial charge on any atom is -0.457 e. The Morgan fingerprint density at radius 3 is 2.52 bits per heavy atom. The molecular formula is C15H19O5P. The third kappa shape index (κ3) is 4.03. The number of esters is 1. The minimum absolute atomic E-state index is 0.0815. The Labute approximate surface area is 124 Å². The van der Waals surface area contributed by atoms with Crippen molar-refractivity contribution < 1.29 is 23.1 Å². The number of carbonyl (C=O) groups is 1. The summed E-state index contributed by atoms with van der Waals surface area (Å²) in [4.78, 5) is 12.0. The van der Waals surface area contributed by atoms with Gasteiger partial charge in [0.15, 0.2) is 0 Å². The van der Waals surface area contributed by atoms with E-state index in [1.807, 2.05) is 24.3 Å². The molecule has 1 aliphatic rings. The zero-order valence-electron chi connectivity index (χ0n) is 12.2. The molecule has 0 saturated carbocycles. The van der Waals surface area contributed by atoms with Crippen LogP contribution < -0.4 is 0 Å². The van der Waals surface area contributed by atoms with Gasteiger partial charge in [0.05, 0.1) is 19.4 Å². The van der Waals surface area contributed by atoms with E-state index in [1.165, 1.54) is 0 Å². The fraction of sp³-hybridized carbons (Fsp3) is 0.400. The van der Waals surface area contributed by atoms with Crippen molar-refractivity contribution in [2.24, 2.45) is 0 Å². The molecule has 1 aliphatic heterocycles. The lowest BCUT2D eigenvalue weighted by Crippen LogP contribution is -2.11. The van der Waals surface area contributed by atoms with Gasteiger partial charge in [-0.15, -0.1) is 0 Å². The number of fused-ring (bicyclic) bond motifs is 1. The van der Waals surface area contributed by atoms with Crippen LogP contribution in [0.1, 0.15) is 25.0 Å². The van der Waals surface area contributed by atoms with Gasteiger partial charge in [0, 0.05) is 5.57 Å². The Balaban J connectivity index is 2.30. The van der Waals surface area contributed by atoms with Crippen LogP contribution in [0.15, 0.2) is 29.8 Å². The van der Waals surface area contributed by atoms with E-state index in [9.17, 15) is 9.36 Å². The Morgan fingerprint density at radius 1 is 1.19 bits per heavy atom. The summed E-state index contributed by atoms with van der Waals surface area (Å²) in [6.45, 7) is 4.20. The second kappa shape index (κ2) is 7.03. The Bertz CT molecular complexity index is 583. The summed E-state index contributed by atoms with van der Waals surface area (Å²) in [5.74, 6) is -0.481. The van der Waals surface area contributed by atoms with Crippen molar-refractivity contribution in [2.45, 2.75) is 20.5 Å². The predicted octanol–water partition coefficient (Wildman–Crippen LogP) is 3.39. The summed E-state index contributed by atoms with van der Waals surface area (Å²) in [5.41, 5.74) is 2.12. The Hall–Kier alpha value is -1.42. The zero-order valence-corrected chi connectivity index (χ0v) is 13.1. The van der Waals surface area contributed by atoms with E-state index in [0.717, 1.165) is 11.1 Å². The topological polar surface area (TPSA) is 61.8 Å². The highest BCUT2D eigenvalue weighted by molar-refractivity contribution is 7.54. The third-order valence-electron chi connectivity index (χ3n) is 3.02. The molecule has 0 radical (unpaired) electrons. The van der Waals surface area contributed by atoms with Crippen LogP contribution in [0.5, 0.6) is 0 Å². The van der Waals surface area contributed by atoms with E-state index < -0.39 is 13.6 Å².